The Morgan fingerprint density at radius 2 is 2.29 bits per heavy atom. The summed E-state index contributed by atoms with van der Waals surface area (Å²) >= 11 is 5.55. The van der Waals surface area contributed by atoms with E-state index in [4.69, 9.17) is 11.6 Å². The van der Waals surface area contributed by atoms with Gasteiger partial charge in [0.1, 0.15) is 6.54 Å². The number of carbonyl (C=O) groups excluding carboxylic acids is 2. The van der Waals surface area contributed by atoms with Crippen LogP contribution >= 0.6 is 11.6 Å². The van der Waals surface area contributed by atoms with Crippen LogP contribution in [0.4, 0.5) is 5.82 Å². The van der Waals surface area contributed by atoms with Gasteiger partial charge >= 0.3 is 11.8 Å². The molecule has 0 unspecified atom stereocenters. The maximum Gasteiger partial charge on any atom is 0.362 e. The second-order valence-corrected chi connectivity index (χ2v) is 3.13. The van der Waals surface area contributed by atoms with Gasteiger partial charge in [0.15, 0.2) is 10.7 Å². The number of hydrogen-bond donors (Lipinski definition) is 2. The fourth-order valence-electron chi connectivity index (χ4n) is 0.899. The number of methoxy groups -OCH3 is 1. The van der Waals surface area contributed by atoms with Gasteiger partial charge in [-0.1, -0.05) is 16.7 Å². The van der Waals surface area contributed by atoms with Crippen molar-refractivity contribution in [2.75, 3.05) is 13.7 Å². The monoisotopic (exact) mass is 262 g/mol. The lowest BCUT2D eigenvalue weighted by Crippen LogP contribution is -2.30. The SMILES string of the molecule is COC(=O)CNC(=O)c1n[nH]c([N+](=O)[O-])c1Cl. The minimum Gasteiger partial charge on any atom is -0.468 e. The number of aromatic amines is 1. The molecule has 0 saturated carbocycles. The number of halogens is 1. The second-order valence-electron chi connectivity index (χ2n) is 2.75. The third-order valence-corrected chi connectivity index (χ3v) is 2.07. The number of rotatable bonds is 4. The first-order chi connectivity index (χ1) is 7.97. The van der Waals surface area contributed by atoms with Crippen LogP contribution in [0.15, 0.2) is 0 Å². The number of hydrogen-bond acceptors (Lipinski definition) is 6. The lowest BCUT2D eigenvalue weighted by molar-refractivity contribution is -0.389. The van der Waals surface area contributed by atoms with Gasteiger partial charge in [0.05, 0.1) is 7.11 Å². The fourth-order valence-corrected chi connectivity index (χ4v) is 1.14. The van der Waals surface area contributed by atoms with Crippen LogP contribution in [0.2, 0.25) is 5.02 Å². The number of carbonyl (C=O) groups is 2. The smallest absolute Gasteiger partial charge is 0.362 e. The highest BCUT2D eigenvalue weighted by molar-refractivity contribution is 6.35. The molecule has 0 atom stereocenters. The lowest BCUT2D eigenvalue weighted by Gasteiger charge is -2.00. The average molecular weight is 263 g/mol. The zero-order valence-electron chi connectivity index (χ0n) is 8.52. The van der Waals surface area contributed by atoms with Gasteiger partial charge in [0, 0.05) is 0 Å². The Morgan fingerprint density at radius 3 is 2.76 bits per heavy atom. The van der Waals surface area contributed by atoms with Crippen molar-refractivity contribution in [1.29, 1.82) is 0 Å². The number of ether oxygens (including phenoxy) is 1. The van der Waals surface area contributed by atoms with Crippen molar-refractivity contribution in [2.24, 2.45) is 0 Å². The topological polar surface area (TPSA) is 127 Å². The molecule has 1 amide bonds. The van der Waals surface area contributed by atoms with E-state index in [0.717, 1.165) is 7.11 Å². The van der Waals surface area contributed by atoms with E-state index in [2.05, 4.69) is 15.2 Å². The lowest BCUT2D eigenvalue weighted by atomic mass is 10.4. The summed E-state index contributed by atoms with van der Waals surface area (Å²) in [6.45, 7) is -0.383. The molecular weight excluding hydrogens is 256 g/mol. The van der Waals surface area contributed by atoms with E-state index >= 15 is 0 Å². The van der Waals surface area contributed by atoms with Crippen LogP contribution in [0.1, 0.15) is 10.5 Å². The summed E-state index contributed by atoms with van der Waals surface area (Å²) in [4.78, 5) is 31.8. The average Bonchev–Trinajstić information content (AvgIpc) is 2.67. The molecule has 17 heavy (non-hydrogen) atoms. The van der Waals surface area contributed by atoms with Crippen LogP contribution in [-0.2, 0) is 9.53 Å². The quantitative estimate of drug-likeness (QED) is 0.442. The molecule has 0 fully saturated rings. The number of aromatic nitrogens is 2. The molecule has 0 aliphatic heterocycles. The minimum absolute atomic E-state index is 0.359. The summed E-state index contributed by atoms with van der Waals surface area (Å²) < 4.78 is 4.29. The molecule has 2 N–H and O–H groups in total. The Labute approximate surface area is 99.2 Å². The molecule has 9 nitrogen and oxygen atoms in total. The van der Waals surface area contributed by atoms with Crippen molar-refractivity contribution in [2.45, 2.75) is 0 Å². The van der Waals surface area contributed by atoms with Crippen molar-refractivity contribution in [1.82, 2.24) is 15.5 Å². The summed E-state index contributed by atoms with van der Waals surface area (Å²) in [7, 11) is 1.15. The van der Waals surface area contributed by atoms with Gasteiger partial charge in [0.2, 0.25) is 0 Å². The van der Waals surface area contributed by atoms with Crippen molar-refractivity contribution in [3.63, 3.8) is 0 Å². The van der Waals surface area contributed by atoms with Gasteiger partial charge < -0.3 is 20.2 Å². The predicted molar refractivity (Wildman–Crippen MR) is 54.6 cm³/mol. The first-order valence-corrected chi connectivity index (χ1v) is 4.58. The first kappa shape index (κ1) is 12.9. The third kappa shape index (κ3) is 2.91. The Bertz CT molecular complexity index is 471. The normalized spacial score (nSPS) is 9.76. The molecule has 1 aromatic heterocycles. The Kier molecular flexibility index (Phi) is 3.99. The number of H-pyrrole nitrogens is 1. The predicted octanol–water partition coefficient (Wildman–Crippen LogP) is -0.126. The van der Waals surface area contributed by atoms with Gasteiger partial charge in [-0.3, -0.25) is 9.59 Å². The van der Waals surface area contributed by atoms with Crippen molar-refractivity contribution in [3.8, 4) is 0 Å². The van der Waals surface area contributed by atoms with E-state index in [0.29, 0.717) is 0 Å². The molecule has 0 aliphatic rings. The minimum atomic E-state index is -0.815. The van der Waals surface area contributed by atoms with E-state index in [9.17, 15) is 19.7 Å². The largest absolute Gasteiger partial charge is 0.468 e. The molecule has 0 aliphatic carbocycles. The second kappa shape index (κ2) is 5.25. The van der Waals surface area contributed by atoms with Crippen LogP contribution in [0.3, 0.4) is 0 Å². The van der Waals surface area contributed by atoms with E-state index in [-0.39, 0.29) is 12.2 Å². The molecule has 1 aromatic rings. The highest BCUT2D eigenvalue weighted by atomic mass is 35.5. The standard InChI is InChI=1S/C7H7ClN4O5/c1-17-3(13)2-9-7(14)5-4(8)6(11-10-5)12(15)16/h2H2,1H3,(H,9,14)(H,10,11). The van der Waals surface area contributed by atoms with E-state index in [1.165, 1.54) is 0 Å². The Balaban J connectivity index is 2.76. The van der Waals surface area contributed by atoms with E-state index in [1.54, 1.807) is 0 Å². The van der Waals surface area contributed by atoms with Crippen molar-refractivity contribution < 1.29 is 19.2 Å². The number of nitrogens with one attached hydrogen (secondary N) is 2. The fraction of sp³-hybridized carbons (Fsp3) is 0.286. The number of amides is 1. The van der Waals surface area contributed by atoms with Gasteiger partial charge in [-0.15, -0.1) is 5.10 Å². The van der Waals surface area contributed by atoms with E-state index in [1.807, 2.05) is 5.10 Å². The molecule has 1 rings (SSSR count). The summed E-state index contributed by atoms with van der Waals surface area (Å²) in [5.74, 6) is -2.07. The third-order valence-electron chi connectivity index (χ3n) is 1.71. The van der Waals surface area contributed by atoms with Gasteiger partial charge in [-0.25, -0.2) is 0 Å². The summed E-state index contributed by atoms with van der Waals surface area (Å²) in [5, 5.41) is 17.5. The van der Waals surface area contributed by atoms with Gasteiger partial charge in [-0.2, -0.15) is 0 Å². The van der Waals surface area contributed by atoms with Crippen LogP contribution in [0, 0.1) is 10.1 Å². The molecule has 0 bridgehead atoms. The zero-order chi connectivity index (χ0) is 13.0. The molecule has 92 valence electrons. The molecule has 1 heterocycles. The molecular formula is C7H7ClN4O5. The molecule has 10 heteroatoms. The summed E-state index contributed by atoms with van der Waals surface area (Å²) in [6, 6.07) is 0. The molecule has 0 aromatic carbocycles. The highest BCUT2D eigenvalue weighted by Gasteiger charge is 2.25. The summed E-state index contributed by atoms with van der Waals surface area (Å²) in [5.41, 5.74) is -0.359. The Hall–Kier alpha value is -2.16. The van der Waals surface area contributed by atoms with Crippen LogP contribution in [0.5, 0.6) is 0 Å². The van der Waals surface area contributed by atoms with Crippen LogP contribution in [0.25, 0.3) is 0 Å². The molecule has 0 spiro atoms. The summed E-state index contributed by atoms with van der Waals surface area (Å²) in [6.07, 6.45) is 0. The molecule has 0 radical (unpaired) electrons. The van der Waals surface area contributed by atoms with Gasteiger partial charge in [0.25, 0.3) is 5.91 Å². The zero-order valence-corrected chi connectivity index (χ0v) is 9.28. The van der Waals surface area contributed by atoms with Crippen LogP contribution in [-0.4, -0.2) is 40.7 Å². The van der Waals surface area contributed by atoms with Crippen LogP contribution < -0.4 is 5.32 Å². The maximum absolute atomic E-state index is 11.4. The highest BCUT2D eigenvalue weighted by Crippen LogP contribution is 2.24. The maximum atomic E-state index is 11.4. The van der Waals surface area contributed by atoms with Gasteiger partial charge in [-0.05, 0) is 4.92 Å². The van der Waals surface area contributed by atoms with Crippen molar-refractivity contribution in [3.05, 3.63) is 20.8 Å². The number of esters is 1. The first-order valence-electron chi connectivity index (χ1n) is 4.20. The van der Waals surface area contributed by atoms with E-state index < -0.39 is 27.6 Å². The molecule has 0 saturated heterocycles. The van der Waals surface area contributed by atoms with Crippen molar-refractivity contribution >= 4 is 29.3 Å². The number of nitrogens with zero attached hydrogens (tertiary/aromatic N) is 2. The Morgan fingerprint density at radius 1 is 1.65 bits per heavy atom. The number of nitro groups is 1.